The lowest BCUT2D eigenvalue weighted by atomic mass is 10.1. The summed E-state index contributed by atoms with van der Waals surface area (Å²) in [5.74, 6) is -0.785. The van der Waals surface area contributed by atoms with E-state index in [9.17, 15) is 9.90 Å². The zero-order valence-electron chi connectivity index (χ0n) is 10.6. The molecule has 3 nitrogen and oxygen atoms in total. The van der Waals surface area contributed by atoms with Gasteiger partial charge in [0.05, 0.1) is 0 Å². The summed E-state index contributed by atoms with van der Waals surface area (Å²) in [6, 6.07) is 13.5. The molecular formula is C15H17NO2S. The Hall–Kier alpha value is -1.65. The minimum atomic E-state index is -0.785. The molecule has 0 amide bonds. The van der Waals surface area contributed by atoms with Crippen LogP contribution in [0, 0.1) is 0 Å². The molecule has 4 heteroatoms. The van der Waals surface area contributed by atoms with E-state index < -0.39 is 12.0 Å². The molecule has 0 spiro atoms. The summed E-state index contributed by atoms with van der Waals surface area (Å²) in [5.41, 5.74) is 1.17. The van der Waals surface area contributed by atoms with Crippen molar-refractivity contribution in [2.24, 2.45) is 0 Å². The van der Waals surface area contributed by atoms with E-state index in [1.54, 1.807) is 11.3 Å². The molecule has 0 radical (unpaired) electrons. The molecule has 2 rings (SSSR count). The quantitative estimate of drug-likeness (QED) is 0.817. The van der Waals surface area contributed by atoms with Crippen LogP contribution in [-0.4, -0.2) is 17.1 Å². The number of aliphatic carboxylic acids is 1. The molecule has 1 aromatic heterocycles. The van der Waals surface area contributed by atoms with Gasteiger partial charge >= 0.3 is 5.97 Å². The summed E-state index contributed by atoms with van der Waals surface area (Å²) in [7, 11) is 0. The first-order valence-electron chi connectivity index (χ1n) is 6.28. The lowest BCUT2D eigenvalue weighted by molar-refractivity contribution is -0.139. The minimum absolute atomic E-state index is 0.498. The highest BCUT2D eigenvalue weighted by Crippen LogP contribution is 2.10. The van der Waals surface area contributed by atoms with Gasteiger partial charge in [0, 0.05) is 11.4 Å². The van der Waals surface area contributed by atoms with E-state index in [0.717, 1.165) is 11.3 Å². The Morgan fingerprint density at radius 2 is 2.00 bits per heavy atom. The van der Waals surface area contributed by atoms with Gasteiger partial charge in [-0.25, -0.2) is 0 Å². The second-order valence-electron chi connectivity index (χ2n) is 4.38. The summed E-state index contributed by atoms with van der Waals surface area (Å²) in [4.78, 5) is 12.4. The first-order chi connectivity index (χ1) is 9.25. The van der Waals surface area contributed by atoms with Crippen LogP contribution in [0.4, 0.5) is 0 Å². The maximum absolute atomic E-state index is 11.2. The second-order valence-corrected chi connectivity index (χ2v) is 5.41. The largest absolute Gasteiger partial charge is 0.480 e. The van der Waals surface area contributed by atoms with Crippen molar-refractivity contribution in [3.63, 3.8) is 0 Å². The highest BCUT2D eigenvalue weighted by Gasteiger charge is 2.16. The van der Waals surface area contributed by atoms with Crippen LogP contribution in [0.3, 0.4) is 0 Å². The lowest BCUT2D eigenvalue weighted by Gasteiger charge is -2.13. The molecule has 1 aromatic carbocycles. The van der Waals surface area contributed by atoms with Crippen LogP contribution >= 0.6 is 11.3 Å². The Morgan fingerprint density at radius 1 is 1.21 bits per heavy atom. The molecule has 19 heavy (non-hydrogen) atoms. The van der Waals surface area contributed by atoms with Crippen molar-refractivity contribution < 1.29 is 9.90 Å². The third-order valence-electron chi connectivity index (χ3n) is 2.97. The van der Waals surface area contributed by atoms with Crippen LogP contribution in [0.5, 0.6) is 0 Å². The average molecular weight is 275 g/mol. The number of benzene rings is 1. The van der Waals surface area contributed by atoms with Crippen LogP contribution in [0.25, 0.3) is 0 Å². The highest BCUT2D eigenvalue weighted by atomic mass is 32.1. The number of hydrogen-bond donors (Lipinski definition) is 2. The summed E-state index contributed by atoms with van der Waals surface area (Å²) in [6.45, 7) is 0.615. The van der Waals surface area contributed by atoms with Gasteiger partial charge in [0.2, 0.25) is 0 Å². The fraction of sp³-hybridized carbons (Fsp3) is 0.267. The summed E-state index contributed by atoms with van der Waals surface area (Å²) < 4.78 is 0. The van der Waals surface area contributed by atoms with Gasteiger partial charge < -0.3 is 5.11 Å². The Kier molecular flexibility index (Phi) is 5.12. The van der Waals surface area contributed by atoms with Gasteiger partial charge in [-0.05, 0) is 29.9 Å². The predicted molar refractivity (Wildman–Crippen MR) is 77.3 cm³/mol. The van der Waals surface area contributed by atoms with Crippen molar-refractivity contribution in [2.45, 2.75) is 25.4 Å². The molecule has 1 unspecified atom stereocenters. The van der Waals surface area contributed by atoms with Gasteiger partial charge in [-0.3, -0.25) is 10.1 Å². The van der Waals surface area contributed by atoms with Crippen molar-refractivity contribution in [1.82, 2.24) is 5.32 Å². The molecule has 0 fully saturated rings. The third kappa shape index (κ3) is 4.50. The SMILES string of the molecule is O=C(O)C(CCc1ccccc1)NCc1cccs1. The van der Waals surface area contributed by atoms with Crippen LogP contribution in [0.15, 0.2) is 47.8 Å². The zero-order valence-corrected chi connectivity index (χ0v) is 11.4. The number of carboxylic acid groups (broad SMARTS) is 1. The average Bonchev–Trinajstić information content (AvgIpc) is 2.92. The van der Waals surface area contributed by atoms with E-state index in [1.165, 1.54) is 5.56 Å². The molecule has 0 aliphatic rings. The number of thiophene rings is 1. The molecule has 100 valence electrons. The smallest absolute Gasteiger partial charge is 0.320 e. The Balaban J connectivity index is 1.84. The normalized spacial score (nSPS) is 12.2. The molecule has 0 aliphatic carbocycles. The van der Waals surface area contributed by atoms with Gasteiger partial charge in [-0.1, -0.05) is 36.4 Å². The molecule has 0 saturated carbocycles. The van der Waals surface area contributed by atoms with Gasteiger partial charge in [-0.2, -0.15) is 0 Å². The lowest BCUT2D eigenvalue weighted by Crippen LogP contribution is -2.36. The molecule has 0 aliphatic heterocycles. The van der Waals surface area contributed by atoms with E-state index in [0.29, 0.717) is 13.0 Å². The summed E-state index contributed by atoms with van der Waals surface area (Å²) >= 11 is 1.64. The van der Waals surface area contributed by atoms with Crippen molar-refractivity contribution in [2.75, 3.05) is 0 Å². The van der Waals surface area contributed by atoms with Gasteiger partial charge in [-0.15, -0.1) is 11.3 Å². The predicted octanol–water partition coefficient (Wildman–Crippen LogP) is 2.92. The molecule has 1 atom stereocenters. The van der Waals surface area contributed by atoms with Crippen molar-refractivity contribution in [1.29, 1.82) is 0 Å². The standard InChI is InChI=1S/C15H17NO2S/c17-15(18)14(16-11-13-7-4-10-19-13)9-8-12-5-2-1-3-6-12/h1-7,10,14,16H,8-9,11H2,(H,17,18). The topological polar surface area (TPSA) is 49.3 Å². The van der Waals surface area contributed by atoms with Gasteiger partial charge in [0.15, 0.2) is 0 Å². The number of aryl methyl sites for hydroxylation is 1. The van der Waals surface area contributed by atoms with Crippen LogP contribution < -0.4 is 5.32 Å². The van der Waals surface area contributed by atoms with E-state index in [-0.39, 0.29) is 0 Å². The summed E-state index contributed by atoms with van der Waals surface area (Å²) in [6.07, 6.45) is 1.37. The molecule has 2 N–H and O–H groups in total. The Bertz CT molecular complexity index is 496. The number of nitrogens with one attached hydrogen (secondary N) is 1. The van der Waals surface area contributed by atoms with Crippen molar-refractivity contribution in [3.05, 3.63) is 58.3 Å². The Morgan fingerprint density at radius 3 is 2.63 bits per heavy atom. The van der Waals surface area contributed by atoms with E-state index in [2.05, 4.69) is 5.32 Å². The molecule has 2 aromatic rings. The van der Waals surface area contributed by atoms with E-state index in [1.807, 2.05) is 47.8 Å². The fourth-order valence-corrected chi connectivity index (χ4v) is 2.56. The molecule has 1 heterocycles. The second kappa shape index (κ2) is 7.07. The van der Waals surface area contributed by atoms with Crippen molar-refractivity contribution >= 4 is 17.3 Å². The molecule has 0 bridgehead atoms. The van der Waals surface area contributed by atoms with E-state index in [4.69, 9.17) is 0 Å². The van der Waals surface area contributed by atoms with E-state index >= 15 is 0 Å². The molecular weight excluding hydrogens is 258 g/mol. The first kappa shape index (κ1) is 13.8. The van der Waals surface area contributed by atoms with Crippen LogP contribution in [0.1, 0.15) is 16.9 Å². The highest BCUT2D eigenvalue weighted by molar-refractivity contribution is 7.09. The van der Waals surface area contributed by atoms with Crippen LogP contribution in [-0.2, 0) is 17.8 Å². The minimum Gasteiger partial charge on any atom is -0.480 e. The maximum atomic E-state index is 11.2. The van der Waals surface area contributed by atoms with Crippen molar-refractivity contribution in [3.8, 4) is 0 Å². The molecule has 0 saturated heterocycles. The van der Waals surface area contributed by atoms with Gasteiger partial charge in [0.1, 0.15) is 6.04 Å². The third-order valence-corrected chi connectivity index (χ3v) is 3.84. The summed E-state index contributed by atoms with van der Waals surface area (Å²) in [5, 5.41) is 14.3. The fourth-order valence-electron chi connectivity index (χ4n) is 1.91. The zero-order chi connectivity index (χ0) is 13.5. The van der Waals surface area contributed by atoms with Gasteiger partial charge in [0.25, 0.3) is 0 Å². The Labute approximate surface area is 116 Å². The first-order valence-corrected chi connectivity index (χ1v) is 7.16. The number of rotatable bonds is 7. The number of carboxylic acids is 1. The monoisotopic (exact) mass is 275 g/mol. The maximum Gasteiger partial charge on any atom is 0.320 e. The number of carbonyl (C=O) groups is 1. The van der Waals surface area contributed by atoms with Crippen LogP contribution in [0.2, 0.25) is 0 Å². The number of hydrogen-bond acceptors (Lipinski definition) is 3.